The zero-order valence-electron chi connectivity index (χ0n) is 14.8. The second kappa shape index (κ2) is 9.45. The van der Waals surface area contributed by atoms with E-state index in [0.717, 1.165) is 28.3 Å². The molecule has 0 unspecified atom stereocenters. The highest BCUT2D eigenvalue weighted by Crippen LogP contribution is 2.23. The number of aromatic nitrogens is 3. The van der Waals surface area contributed by atoms with Crippen LogP contribution in [-0.2, 0) is 20.1 Å². The van der Waals surface area contributed by atoms with Crippen LogP contribution in [0.5, 0.6) is 5.75 Å². The molecule has 0 atom stereocenters. The van der Waals surface area contributed by atoms with Gasteiger partial charge in [-0.3, -0.25) is 14.7 Å². The molecule has 0 saturated carbocycles. The van der Waals surface area contributed by atoms with E-state index in [0.29, 0.717) is 19.0 Å². The highest BCUT2D eigenvalue weighted by atomic mass is 127. The molecule has 0 saturated heterocycles. The average Bonchev–Trinajstić information content (AvgIpc) is 2.95. The first-order chi connectivity index (χ1) is 11.1. The molecular formula is C16H25IN6O. The number of aryl methyl sites for hydroxylation is 2. The predicted molar refractivity (Wildman–Crippen MR) is 106 cm³/mol. The third kappa shape index (κ3) is 4.83. The van der Waals surface area contributed by atoms with E-state index >= 15 is 0 Å². The molecule has 2 aromatic heterocycles. The Morgan fingerprint density at radius 2 is 2.00 bits per heavy atom. The van der Waals surface area contributed by atoms with Gasteiger partial charge in [0.05, 0.1) is 31.6 Å². The number of methoxy groups -OCH3 is 1. The van der Waals surface area contributed by atoms with Gasteiger partial charge in [0.1, 0.15) is 5.75 Å². The topological polar surface area (TPSA) is 76.4 Å². The first-order valence-electron chi connectivity index (χ1n) is 7.47. The van der Waals surface area contributed by atoms with Crippen molar-refractivity contribution in [1.82, 2.24) is 25.4 Å². The monoisotopic (exact) mass is 444 g/mol. The number of pyridine rings is 1. The predicted octanol–water partition coefficient (Wildman–Crippen LogP) is 1.92. The summed E-state index contributed by atoms with van der Waals surface area (Å²) in [4.78, 5) is 8.71. The van der Waals surface area contributed by atoms with Crippen molar-refractivity contribution in [2.24, 2.45) is 12.0 Å². The summed E-state index contributed by atoms with van der Waals surface area (Å²) < 4.78 is 7.27. The molecule has 0 radical (unpaired) electrons. The number of ether oxygens (including phenoxy) is 1. The molecule has 0 aromatic carbocycles. The molecule has 132 valence electrons. The van der Waals surface area contributed by atoms with Gasteiger partial charge < -0.3 is 15.4 Å². The number of rotatable bonds is 5. The molecule has 0 aliphatic carbocycles. The summed E-state index contributed by atoms with van der Waals surface area (Å²) in [5.74, 6) is 1.60. The number of aliphatic imine (C=N–C) groups is 1. The summed E-state index contributed by atoms with van der Waals surface area (Å²) in [6, 6.07) is 1.97. The van der Waals surface area contributed by atoms with Gasteiger partial charge in [0.15, 0.2) is 5.96 Å². The Hall–Kier alpha value is -1.84. The van der Waals surface area contributed by atoms with E-state index in [9.17, 15) is 0 Å². The molecule has 0 fully saturated rings. The Kier molecular flexibility index (Phi) is 7.96. The SMILES string of the molecule is CN=C(NCc1ncc(C)c(OC)c1C)NCc1ccnn1C.I. The second-order valence-corrected chi connectivity index (χ2v) is 5.27. The van der Waals surface area contributed by atoms with Crippen LogP contribution in [0.2, 0.25) is 0 Å². The minimum absolute atomic E-state index is 0. The highest BCUT2D eigenvalue weighted by Gasteiger charge is 2.10. The lowest BCUT2D eigenvalue weighted by atomic mass is 10.1. The van der Waals surface area contributed by atoms with Crippen LogP contribution in [0.3, 0.4) is 0 Å². The Bertz CT molecular complexity index is 698. The Labute approximate surface area is 159 Å². The molecule has 2 aromatic rings. The van der Waals surface area contributed by atoms with Crippen molar-refractivity contribution in [3.63, 3.8) is 0 Å². The van der Waals surface area contributed by atoms with Gasteiger partial charge in [-0.15, -0.1) is 24.0 Å². The van der Waals surface area contributed by atoms with Crippen LogP contribution in [0.1, 0.15) is 22.5 Å². The van der Waals surface area contributed by atoms with Crippen LogP contribution >= 0.6 is 24.0 Å². The summed E-state index contributed by atoms with van der Waals surface area (Å²) in [7, 11) is 5.34. The van der Waals surface area contributed by atoms with Crippen molar-refractivity contribution in [1.29, 1.82) is 0 Å². The fourth-order valence-electron chi connectivity index (χ4n) is 2.39. The second-order valence-electron chi connectivity index (χ2n) is 5.27. The van der Waals surface area contributed by atoms with Gasteiger partial charge in [-0.1, -0.05) is 0 Å². The number of hydrogen-bond donors (Lipinski definition) is 2. The van der Waals surface area contributed by atoms with Gasteiger partial charge in [0, 0.05) is 37.6 Å². The lowest BCUT2D eigenvalue weighted by Gasteiger charge is -2.15. The van der Waals surface area contributed by atoms with Crippen molar-refractivity contribution < 1.29 is 4.74 Å². The minimum Gasteiger partial charge on any atom is -0.496 e. The van der Waals surface area contributed by atoms with Gasteiger partial charge in [-0.2, -0.15) is 5.10 Å². The van der Waals surface area contributed by atoms with Crippen molar-refractivity contribution in [2.75, 3.05) is 14.2 Å². The number of hydrogen-bond acceptors (Lipinski definition) is 4. The van der Waals surface area contributed by atoms with Crippen LogP contribution in [0.4, 0.5) is 0 Å². The fraction of sp³-hybridized carbons (Fsp3) is 0.438. The van der Waals surface area contributed by atoms with Gasteiger partial charge in [-0.05, 0) is 19.9 Å². The van der Waals surface area contributed by atoms with Crippen LogP contribution in [0, 0.1) is 13.8 Å². The quantitative estimate of drug-likeness (QED) is 0.419. The number of nitrogens with one attached hydrogen (secondary N) is 2. The Morgan fingerprint density at radius 1 is 1.29 bits per heavy atom. The van der Waals surface area contributed by atoms with Crippen molar-refractivity contribution in [3.8, 4) is 5.75 Å². The largest absolute Gasteiger partial charge is 0.496 e. The van der Waals surface area contributed by atoms with Crippen molar-refractivity contribution >= 4 is 29.9 Å². The molecule has 8 heteroatoms. The van der Waals surface area contributed by atoms with Gasteiger partial charge in [0.2, 0.25) is 0 Å². The summed E-state index contributed by atoms with van der Waals surface area (Å²) >= 11 is 0. The molecular weight excluding hydrogens is 419 g/mol. The standard InChI is InChI=1S/C16H24N6O.HI/c1-11-8-18-14(12(2)15(11)23-5)10-20-16(17-3)19-9-13-6-7-21-22(13)4;/h6-8H,9-10H2,1-5H3,(H2,17,19,20);1H. The number of nitrogens with zero attached hydrogens (tertiary/aromatic N) is 4. The van der Waals surface area contributed by atoms with Crippen LogP contribution in [0.25, 0.3) is 0 Å². The first-order valence-corrected chi connectivity index (χ1v) is 7.47. The molecule has 0 bridgehead atoms. The summed E-state index contributed by atoms with van der Waals surface area (Å²) in [6.45, 7) is 5.24. The van der Waals surface area contributed by atoms with E-state index in [1.165, 1.54) is 0 Å². The maximum atomic E-state index is 5.44. The van der Waals surface area contributed by atoms with Gasteiger partial charge in [0.25, 0.3) is 0 Å². The number of guanidine groups is 1. The summed E-state index contributed by atoms with van der Waals surface area (Å²) in [5.41, 5.74) is 4.10. The van der Waals surface area contributed by atoms with Crippen molar-refractivity contribution in [2.45, 2.75) is 26.9 Å². The van der Waals surface area contributed by atoms with E-state index in [-0.39, 0.29) is 24.0 Å². The van der Waals surface area contributed by atoms with E-state index in [4.69, 9.17) is 4.74 Å². The third-order valence-electron chi connectivity index (χ3n) is 3.76. The lowest BCUT2D eigenvalue weighted by molar-refractivity contribution is 0.406. The summed E-state index contributed by atoms with van der Waals surface area (Å²) in [5, 5.41) is 10.7. The molecule has 0 amide bonds. The molecule has 24 heavy (non-hydrogen) atoms. The molecule has 7 nitrogen and oxygen atoms in total. The summed E-state index contributed by atoms with van der Waals surface area (Å²) in [6.07, 6.45) is 3.60. The molecule has 0 spiro atoms. The normalized spacial score (nSPS) is 11.0. The zero-order valence-corrected chi connectivity index (χ0v) is 17.1. The molecule has 0 aliphatic heterocycles. The molecule has 2 heterocycles. The zero-order chi connectivity index (χ0) is 16.8. The van der Waals surface area contributed by atoms with Crippen LogP contribution in [-0.4, -0.2) is 34.9 Å². The highest BCUT2D eigenvalue weighted by molar-refractivity contribution is 14.0. The Balaban J connectivity index is 0.00000288. The minimum atomic E-state index is 0. The smallest absolute Gasteiger partial charge is 0.191 e. The van der Waals surface area contributed by atoms with E-state index in [1.54, 1.807) is 20.4 Å². The van der Waals surface area contributed by atoms with Crippen LogP contribution in [0.15, 0.2) is 23.5 Å². The maximum absolute atomic E-state index is 5.44. The van der Waals surface area contributed by atoms with Gasteiger partial charge >= 0.3 is 0 Å². The van der Waals surface area contributed by atoms with Crippen molar-refractivity contribution in [3.05, 3.63) is 41.0 Å². The van der Waals surface area contributed by atoms with Gasteiger partial charge in [-0.25, -0.2) is 0 Å². The molecule has 2 rings (SSSR count). The van der Waals surface area contributed by atoms with E-state index in [1.807, 2.05) is 37.8 Å². The lowest BCUT2D eigenvalue weighted by Crippen LogP contribution is -2.37. The third-order valence-corrected chi connectivity index (χ3v) is 3.76. The molecule has 0 aliphatic rings. The fourth-order valence-corrected chi connectivity index (χ4v) is 2.39. The Morgan fingerprint density at radius 3 is 2.58 bits per heavy atom. The van der Waals surface area contributed by atoms with Crippen LogP contribution < -0.4 is 15.4 Å². The average molecular weight is 444 g/mol. The first kappa shape index (κ1) is 20.2. The maximum Gasteiger partial charge on any atom is 0.191 e. The number of halogens is 1. The van der Waals surface area contributed by atoms with E-state index < -0.39 is 0 Å². The van der Waals surface area contributed by atoms with E-state index in [2.05, 4.69) is 25.7 Å². The molecule has 2 N–H and O–H groups in total.